The Morgan fingerprint density at radius 3 is 2.47 bits per heavy atom. The lowest BCUT2D eigenvalue weighted by atomic mass is 10.0. The first-order valence-corrected chi connectivity index (χ1v) is 6.00. The summed E-state index contributed by atoms with van der Waals surface area (Å²) in [5.41, 5.74) is 3.07. The van der Waals surface area contributed by atoms with E-state index in [4.69, 9.17) is 0 Å². The second-order valence-electron chi connectivity index (χ2n) is 3.99. The minimum Gasteiger partial charge on any atom is -0.311 e. The Morgan fingerprint density at radius 2 is 1.76 bits per heavy atom. The van der Waals surface area contributed by atoms with E-state index in [1.807, 2.05) is 39.1 Å². The molecule has 0 radical (unpaired) electrons. The lowest BCUT2D eigenvalue weighted by molar-refractivity contribution is 0.0999. The van der Waals surface area contributed by atoms with Crippen molar-refractivity contribution in [2.75, 3.05) is 11.9 Å². The van der Waals surface area contributed by atoms with Gasteiger partial charge in [0.25, 0.3) is 5.91 Å². The van der Waals surface area contributed by atoms with Crippen LogP contribution >= 0.6 is 0 Å². The van der Waals surface area contributed by atoms with Gasteiger partial charge in [-0.15, -0.1) is 0 Å². The maximum Gasteiger partial charge on any atom is 0.258 e. The van der Waals surface area contributed by atoms with E-state index in [1.54, 1.807) is 4.90 Å². The summed E-state index contributed by atoms with van der Waals surface area (Å²) in [7, 11) is 1.83. The second-order valence-corrected chi connectivity index (χ2v) is 3.99. The number of benzene rings is 2. The highest BCUT2D eigenvalue weighted by atomic mass is 16.2. The van der Waals surface area contributed by atoms with Gasteiger partial charge < -0.3 is 4.90 Å². The van der Waals surface area contributed by atoms with E-state index in [0.717, 1.165) is 16.6 Å². The molecular weight excluding hydrogens is 210 g/mol. The Balaban J connectivity index is 0.000000514. The molecule has 0 aromatic heterocycles. The first-order chi connectivity index (χ1) is 8.20. The van der Waals surface area contributed by atoms with E-state index < -0.39 is 0 Å². The normalized spacial score (nSPS) is 12.7. The fourth-order valence-electron chi connectivity index (χ4n) is 2.28. The molecule has 2 nitrogen and oxygen atoms in total. The number of anilines is 1. The summed E-state index contributed by atoms with van der Waals surface area (Å²) >= 11 is 0. The van der Waals surface area contributed by atoms with Crippen molar-refractivity contribution in [3.63, 3.8) is 0 Å². The number of carbonyl (C=O) groups excluding carboxylic acids is 1. The Kier molecular flexibility index (Phi) is 2.88. The highest BCUT2D eigenvalue weighted by Gasteiger charge is 2.26. The zero-order valence-electron chi connectivity index (χ0n) is 10.7. The fourth-order valence-corrected chi connectivity index (χ4v) is 2.28. The molecule has 0 atom stereocenters. The van der Waals surface area contributed by atoms with Crippen molar-refractivity contribution < 1.29 is 4.79 Å². The van der Waals surface area contributed by atoms with Crippen molar-refractivity contribution >= 4 is 22.4 Å². The SMILES string of the molecule is CC.Cc1ccc2c3c(cccc13)C(=O)N2C. The lowest BCUT2D eigenvalue weighted by Crippen LogP contribution is -2.20. The summed E-state index contributed by atoms with van der Waals surface area (Å²) in [4.78, 5) is 13.6. The number of hydrogen-bond acceptors (Lipinski definition) is 1. The third-order valence-electron chi connectivity index (χ3n) is 3.13. The number of aryl methyl sites for hydroxylation is 1. The van der Waals surface area contributed by atoms with E-state index in [2.05, 4.69) is 19.1 Å². The van der Waals surface area contributed by atoms with Crippen molar-refractivity contribution in [1.82, 2.24) is 0 Å². The molecule has 0 N–H and O–H groups in total. The topological polar surface area (TPSA) is 20.3 Å². The van der Waals surface area contributed by atoms with Gasteiger partial charge in [0.2, 0.25) is 0 Å². The van der Waals surface area contributed by atoms with E-state index >= 15 is 0 Å². The molecule has 17 heavy (non-hydrogen) atoms. The third-order valence-corrected chi connectivity index (χ3v) is 3.13. The van der Waals surface area contributed by atoms with Gasteiger partial charge in [-0.3, -0.25) is 4.79 Å². The quantitative estimate of drug-likeness (QED) is 0.671. The smallest absolute Gasteiger partial charge is 0.258 e. The standard InChI is InChI=1S/C13H11NO.C2H6/c1-8-6-7-11-12-9(8)4-3-5-10(12)13(15)14(11)2;1-2/h3-7H,1-2H3;1-2H3. The predicted octanol–water partition coefficient (Wildman–Crippen LogP) is 3.76. The van der Waals surface area contributed by atoms with Crippen LogP contribution in [0, 0.1) is 6.92 Å². The van der Waals surface area contributed by atoms with Crippen molar-refractivity contribution in [2.45, 2.75) is 20.8 Å². The molecule has 0 fully saturated rings. The van der Waals surface area contributed by atoms with E-state index in [-0.39, 0.29) is 5.91 Å². The van der Waals surface area contributed by atoms with Crippen LogP contribution in [0.15, 0.2) is 30.3 Å². The Morgan fingerprint density at radius 1 is 1.06 bits per heavy atom. The minimum absolute atomic E-state index is 0.0983. The second kappa shape index (κ2) is 4.21. The van der Waals surface area contributed by atoms with Crippen molar-refractivity contribution in [3.05, 3.63) is 41.5 Å². The highest BCUT2D eigenvalue weighted by Crippen LogP contribution is 2.37. The summed E-state index contributed by atoms with van der Waals surface area (Å²) in [6, 6.07) is 10.0. The zero-order valence-corrected chi connectivity index (χ0v) is 10.7. The molecular formula is C15H17NO. The average molecular weight is 227 g/mol. The molecule has 1 heterocycles. The molecule has 3 rings (SSSR count). The van der Waals surface area contributed by atoms with Gasteiger partial charge in [-0.05, 0) is 30.0 Å². The Bertz CT molecular complexity index is 587. The summed E-state index contributed by atoms with van der Waals surface area (Å²) in [5, 5.41) is 2.28. The molecule has 1 aliphatic rings. The molecule has 0 saturated carbocycles. The molecule has 0 aliphatic carbocycles. The van der Waals surface area contributed by atoms with Crippen LogP contribution in [0.4, 0.5) is 5.69 Å². The van der Waals surface area contributed by atoms with Gasteiger partial charge in [-0.25, -0.2) is 0 Å². The van der Waals surface area contributed by atoms with Crippen LogP contribution < -0.4 is 4.90 Å². The molecule has 0 spiro atoms. The molecule has 1 amide bonds. The maximum atomic E-state index is 11.9. The number of amides is 1. The number of rotatable bonds is 0. The van der Waals surface area contributed by atoms with Gasteiger partial charge in [0.15, 0.2) is 0 Å². The van der Waals surface area contributed by atoms with Crippen LogP contribution in [0.25, 0.3) is 10.8 Å². The Hall–Kier alpha value is -1.83. The predicted molar refractivity (Wildman–Crippen MR) is 72.8 cm³/mol. The first-order valence-electron chi connectivity index (χ1n) is 6.00. The van der Waals surface area contributed by atoms with Gasteiger partial charge >= 0.3 is 0 Å². The molecule has 0 unspecified atom stereocenters. The summed E-state index contributed by atoms with van der Waals surface area (Å²) in [6.45, 7) is 6.08. The van der Waals surface area contributed by atoms with Crippen LogP contribution in [0.3, 0.4) is 0 Å². The average Bonchev–Trinajstić information content (AvgIpc) is 2.62. The molecule has 1 aliphatic heterocycles. The maximum absolute atomic E-state index is 11.9. The van der Waals surface area contributed by atoms with Crippen LogP contribution in [0.5, 0.6) is 0 Å². The van der Waals surface area contributed by atoms with Crippen molar-refractivity contribution in [2.24, 2.45) is 0 Å². The number of nitrogens with zero attached hydrogens (tertiary/aromatic N) is 1. The molecule has 88 valence electrons. The van der Waals surface area contributed by atoms with E-state index in [9.17, 15) is 4.79 Å². The van der Waals surface area contributed by atoms with E-state index in [1.165, 1.54) is 10.9 Å². The highest BCUT2D eigenvalue weighted by molar-refractivity contribution is 6.25. The van der Waals surface area contributed by atoms with Gasteiger partial charge in [-0.2, -0.15) is 0 Å². The molecule has 2 aromatic carbocycles. The largest absolute Gasteiger partial charge is 0.311 e. The first kappa shape index (κ1) is 11.6. The van der Waals surface area contributed by atoms with Gasteiger partial charge in [0.05, 0.1) is 5.69 Å². The van der Waals surface area contributed by atoms with Crippen LogP contribution in [0.2, 0.25) is 0 Å². The molecule has 2 heteroatoms. The van der Waals surface area contributed by atoms with Crippen LogP contribution in [0.1, 0.15) is 29.8 Å². The van der Waals surface area contributed by atoms with Crippen molar-refractivity contribution in [3.8, 4) is 0 Å². The van der Waals surface area contributed by atoms with E-state index in [0.29, 0.717) is 0 Å². The van der Waals surface area contributed by atoms with Crippen LogP contribution in [-0.4, -0.2) is 13.0 Å². The third kappa shape index (κ3) is 1.52. The van der Waals surface area contributed by atoms with Gasteiger partial charge in [0, 0.05) is 18.0 Å². The Labute approximate surface area is 102 Å². The molecule has 2 aromatic rings. The summed E-state index contributed by atoms with van der Waals surface area (Å²) in [5.74, 6) is 0.0983. The summed E-state index contributed by atoms with van der Waals surface area (Å²) < 4.78 is 0. The zero-order chi connectivity index (χ0) is 12.6. The number of carbonyl (C=O) groups is 1. The monoisotopic (exact) mass is 227 g/mol. The molecule has 0 bridgehead atoms. The lowest BCUT2D eigenvalue weighted by Gasteiger charge is -2.10. The van der Waals surface area contributed by atoms with Crippen LogP contribution in [-0.2, 0) is 0 Å². The van der Waals surface area contributed by atoms with Gasteiger partial charge in [0.1, 0.15) is 0 Å². The fraction of sp³-hybridized carbons (Fsp3) is 0.267. The summed E-state index contributed by atoms with van der Waals surface area (Å²) in [6.07, 6.45) is 0. The minimum atomic E-state index is 0.0983. The van der Waals surface area contributed by atoms with Crippen molar-refractivity contribution in [1.29, 1.82) is 0 Å². The molecule has 0 saturated heterocycles. The van der Waals surface area contributed by atoms with Gasteiger partial charge in [-0.1, -0.05) is 32.0 Å². The number of hydrogen-bond donors (Lipinski definition) is 0.